The normalized spacial score (nSPS) is 11.5. The van der Waals surface area contributed by atoms with Crippen LogP contribution in [0.25, 0.3) is 0 Å². The molecule has 7 heteroatoms. The fraction of sp³-hybridized carbons (Fsp3) is 0.389. The smallest absolute Gasteiger partial charge is 0.270 e. The molecular weight excluding hydrogens is 320 g/mol. The first-order chi connectivity index (χ1) is 12.1. The van der Waals surface area contributed by atoms with Crippen molar-refractivity contribution in [2.75, 3.05) is 19.5 Å². The van der Waals surface area contributed by atoms with Crippen LogP contribution in [-0.4, -0.2) is 36.1 Å². The fourth-order valence-corrected chi connectivity index (χ4v) is 2.14. The van der Waals surface area contributed by atoms with Crippen molar-refractivity contribution in [3.63, 3.8) is 0 Å². The van der Waals surface area contributed by atoms with Gasteiger partial charge < -0.3 is 20.1 Å². The number of hydrogen-bond acceptors (Lipinski definition) is 6. The quantitative estimate of drug-likeness (QED) is 0.766. The minimum absolute atomic E-state index is 0.102. The summed E-state index contributed by atoms with van der Waals surface area (Å²) in [4.78, 5) is 20.6. The molecule has 2 aromatic rings. The lowest BCUT2D eigenvalue weighted by Gasteiger charge is -2.12. The predicted octanol–water partition coefficient (Wildman–Crippen LogP) is 2.63. The average molecular weight is 344 g/mol. The summed E-state index contributed by atoms with van der Waals surface area (Å²) in [7, 11) is 3.19. The molecule has 0 saturated carbocycles. The van der Waals surface area contributed by atoms with Crippen LogP contribution in [0, 0.1) is 0 Å². The molecule has 2 rings (SSSR count). The first-order valence-electron chi connectivity index (χ1n) is 8.16. The minimum atomic E-state index is -0.203. The number of nitrogens with one attached hydrogen (secondary N) is 2. The summed E-state index contributed by atoms with van der Waals surface area (Å²) in [6.45, 7) is 4.47. The van der Waals surface area contributed by atoms with E-state index >= 15 is 0 Å². The Morgan fingerprint density at radius 1 is 1.20 bits per heavy atom. The summed E-state index contributed by atoms with van der Waals surface area (Å²) in [5, 5.41) is 6.00. The maximum atomic E-state index is 12.1. The molecule has 1 heterocycles. The Bertz CT molecular complexity index is 721. The zero-order valence-corrected chi connectivity index (χ0v) is 15.0. The first-order valence-corrected chi connectivity index (χ1v) is 8.16. The molecule has 0 aliphatic heterocycles. The summed E-state index contributed by atoms with van der Waals surface area (Å²) in [6.07, 6.45) is 2.43. The maximum Gasteiger partial charge on any atom is 0.270 e. The van der Waals surface area contributed by atoms with Crippen LogP contribution in [0.5, 0.6) is 11.5 Å². The number of nitrogens with zero attached hydrogens (tertiary/aromatic N) is 2. The second kappa shape index (κ2) is 8.86. The van der Waals surface area contributed by atoms with Gasteiger partial charge >= 0.3 is 0 Å². The minimum Gasteiger partial charge on any atom is -0.493 e. The molecule has 0 aliphatic rings. The maximum absolute atomic E-state index is 12.1. The Labute approximate surface area is 147 Å². The van der Waals surface area contributed by atoms with Gasteiger partial charge in [0, 0.05) is 18.8 Å². The van der Waals surface area contributed by atoms with Gasteiger partial charge in [0.25, 0.3) is 5.91 Å². The molecule has 7 nitrogen and oxygen atoms in total. The highest BCUT2D eigenvalue weighted by molar-refractivity contribution is 5.92. The molecule has 0 bridgehead atoms. The van der Waals surface area contributed by atoms with Crippen molar-refractivity contribution < 1.29 is 14.3 Å². The molecule has 0 saturated heterocycles. The van der Waals surface area contributed by atoms with Crippen molar-refractivity contribution in [2.45, 2.75) is 32.9 Å². The van der Waals surface area contributed by atoms with Gasteiger partial charge in [0.15, 0.2) is 11.5 Å². The molecule has 1 aromatic heterocycles. The van der Waals surface area contributed by atoms with E-state index in [0.717, 1.165) is 12.0 Å². The molecule has 0 aliphatic carbocycles. The standard InChI is InChI=1S/C18H24N4O3/c1-5-12(2)21-17(23)14-8-9-19-18(22-14)20-11-13-6-7-15(24-3)16(10-13)25-4/h6-10,12H,5,11H2,1-4H3,(H,21,23)(H,19,20,22). The Morgan fingerprint density at radius 2 is 1.96 bits per heavy atom. The van der Waals surface area contributed by atoms with Crippen molar-refractivity contribution in [3.8, 4) is 11.5 Å². The molecule has 1 aromatic carbocycles. The molecule has 1 amide bonds. The second-order valence-corrected chi connectivity index (χ2v) is 5.59. The third-order valence-corrected chi connectivity index (χ3v) is 3.78. The van der Waals surface area contributed by atoms with Gasteiger partial charge in [-0.25, -0.2) is 9.97 Å². The van der Waals surface area contributed by atoms with E-state index in [1.54, 1.807) is 26.5 Å². The van der Waals surface area contributed by atoms with Crippen LogP contribution in [-0.2, 0) is 6.54 Å². The molecule has 2 N–H and O–H groups in total. The number of anilines is 1. The zero-order valence-electron chi connectivity index (χ0n) is 15.0. The Balaban J connectivity index is 2.04. The van der Waals surface area contributed by atoms with E-state index in [4.69, 9.17) is 9.47 Å². The number of carbonyl (C=O) groups excluding carboxylic acids is 1. The molecule has 0 radical (unpaired) electrons. The van der Waals surface area contributed by atoms with Crippen LogP contribution in [0.2, 0.25) is 0 Å². The zero-order chi connectivity index (χ0) is 18.2. The summed E-state index contributed by atoms with van der Waals surface area (Å²) < 4.78 is 10.5. The predicted molar refractivity (Wildman–Crippen MR) is 96.1 cm³/mol. The number of ether oxygens (including phenoxy) is 2. The van der Waals surface area contributed by atoms with Crippen molar-refractivity contribution in [2.24, 2.45) is 0 Å². The Hall–Kier alpha value is -2.83. The van der Waals surface area contributed by atoms with E-state index in [1.807, 2.05) is 32.0 Å². The van der Waals surface area contributed by atoms with Gasteiger partial charge in [-0.3, -0.25) is 4.79 Å². The Kier molecular flexibility index (Phi) is 6.56. The number of rotatable bonds is 8. The lowest BCUT2D eigenvalue weighted by molar-refractivity contribution is 0.0934. The topological polar surface area (TPSA) is 85.4 Å². The van der Waals surface area contributed by atoms with Crippen molar-refractivity contribution in [3.05, 3.63) is 41.7 Å². The Morgan fingerprint density at radius 3 is 2.64 bits per heavy atom. The molecule has 25 heavy (non-hydrogen) atoms. The summed E-state index contributed by atoms with van der Waals surface area (Å²) >= 11 is 0. The van der Waals surface area contributed by atoms with Gasteiger partial charge in [-0.2, -0.15) is 0 Å². The van der Waals surface area contributed by atoms with E-state index < -0.39 is 0 Å². The van der Waals surface area contributed by atoms with Crippen LogP contribution < -0.4 is 20.1 Å². The van der Waals surface area contributed by atoms with E-state index in [-0.39, 0.29) is 11.9 Å². The van der Waals surface area contributed by atoms with Crippen molar-refractivity contribution in [1.29, 1.82) is 0 Å². The van der Waals surface area contributed by atoms with Gasteiger partial charge in [-0.1, -0.05) is 13.0 Å². The molecular formula is C18H24N4O3. The van der Waals surface area contributed by atoms with Crippen LogP contribution in [0.4, 0.5) is 5.95 Å². The fourth-order valence-electron chi connectivity index (χ4n) is 2.14. The lowest BCUT2D eigenvalue weighted by Crippen LogP contribution is -2.32. The monoisotopic (exact) mass is 344 g/mol. The number of carbonyl (C=O) groups is 1. The summed E-state index contributed by atoms with van der Waals surface area (Å²) in [6, 6.07) is 7.34. The van der Waals surface area contributed by atoms with Crippen LogP contribution in [0.1, 0.15) is 36.3 Å². The van der Waals surface area contributed by atoms with Crippen molar-refractivity contribution >= 4 is 11.9 Å². The highest BCUT2D eigenvalue weighted by Crippen LogP contribution is 2.27. The molecule has 134 valence electrons. The largest absolute Gasteiger partial charge is 0.493 e. The van der Waals surface area contributed by atoms with E-state index in [1.165, 1.54) is 0 Å². The molecule has 0 spiro atoms. The van der Waals surface area contributed by atoms with E-state index in [9.17, 15) is 4.79 Å². The number of amides is 1. The van der Waals surface area contributed by atoms with Gasteiger partial charge in [-0.15, -0.1) is 0 Å². The second-order valence-electron chi connectivity index (χ2n) is 5.59. The van der Waals surface area contributed by atoms with Gasteiger partial charge in [0.05, 0.1) is 14.2 Å². The van der Waals surface area contributed by atoms with Crippen LogP contribution in [0.3, 0.4) is 0 Å². The van der Waals surface area contributed by atoms with Crippen molar-refractivity contribution in [1.82, 2.24) is 15.3 Å². The first kappa shape index (κ1) is 18.5. The average Bonchev–Trinajstić information content (AvgIpc) is 2.66. The van der Waals surface area contributed by atoms with Crippen LogP contribution in [0.15, 0.2) is 30.5 Å². The van der Waals surface area contributed by atoms with Gasteiger partial charge in [0.1, 0.15) is 5.69 Å². The summed E-state index contributed by atoms with van der Waals surface area (Å²) in [5.74, 6) is 1.52. The third kappa shape index (κ3) is 5.07. The number of methoxy groups -OCH3 is 2. The van der Waals surface area contributed by atoms with Gasteiger partial charge in [0.2, 0.25) is 5.95 Å². The van der Waals surface area contributed by atoms with Crippen LogP contribution >= 0.6 is 0 Å². The SMILES string of the molecule is CCC(C)NC(=O)c1ccnc(NCc2ccc(OC)c(OC)c2)n1. The van der Waals surface area contributed by atoms with Gasteiger partial charge in [-0.05, 0) is 37.1 Å². The highest BCUT2D eigenvalue weighted by atomic mass is 16.5. The number of benzene rings is 1. The number of aromatic nitrogens is 2. The molecule has 1 atom stereocenters. The lowest BCUT2D eigenvalue weighted by atomic mass is 10.2. The van der Waals surface area contributed by atoms with E-state index in [0.29, 0.717) is 29.7 Å². The van der Waals surface area contributed by atoms with E-state index in [2.05, 4.69) is 20.6 Å². The molecule has 0 fully saturated rings. The third-order valence-electron chi connectivity index (χ3n) is 3.78. The summed E-state index contributed by atoms with van der Waals surface area (Å²) in [5.41, 5.74) is 1.32. The number of hydrogen-bond donors (Lipinski definition) is 2. The molecule has 1 unspecified atom stereocenters. The highest BCUT2D eigenvalue weighted by Gasteiger charge is 2.11.